The van der Waals surface area contributed by atoms with Gasteiger partial charge in [0.1, 0.15) is 6.04 Å². The van der Waals surface area contributed by atoms with E-state index in [2.05, 4.69) is 5.32 Å². The van der Waals surface area contributed by atoms with Crippen LogP contribution in [0.3, 0.4) is 0 Å². The maximum atomic E-state index is 13.4. The van der Waals surface area contributed by atoms with Crippen LogP contribution in [0.2, 0.25) is 0 Å². The molecule has 2 fully saturated rings. The first kappa shape index (κ1) is 22.0. The first-order chi connectivity index (χ1) is 15.9. The number of benzene rings is 2. The van der Waals surface area contributed by atoms with Crippen molar-refractivity contribution in [1.29, 1.82) is 0 Å². The van der Waals surface area contributed by atoms with E-state index in [4.69, 9.17) is 4.74 Å². The largest absolute Gasteiger partial charge is 0.481 e. The zero-order valence-electron chi connectivity index (χ0n) is 17.3. The molecule has 0 aromatic heterocycles. The number of carbonyl (C=O) groups excluding carboxylic acids is 3. The highest BCUT2D eigenvalue weighted by Gasteiger charge is 2.57. The topological polar surface area (TPSA) is 113 Å². The maximum Gasteiger partial charge on any atom is 0.326 e. The number of nitrogens with one attached hydrogen (secondary N) is 1. The van der Waals surface area contributed by atoms with Crippen LogP contribution in [-0.2, 0) is 14.3 Å². The van der Waals surface area contributed by atoms with Crippen LogP contribution in [0.15, 0.2) is 54.6 Å². The molecule has 2 N–H and O–H groups in total. The van der Waals surface area contributed by atoms with Gasteiger partial charge in [0.2, 0.25) is 6.23 Å². The molecule has 5 rings (SSSR count). The molecule has 0 bridgehead atoms. The number of nitrogens with zero attached hydrogens (tertiary/aromatic N) is 1. The SMILES string of the molecule is O=C(O)CC1NC(C(=O)OC(c2ccccc2)N2C(=O)c3ccccc3C2=O)C2(CSC2)S1. The van der Waals surface area contributed by atoms with Crippen molar-refractivity contribution >= 4 is 47.3 Å². The van der Waals surface area contributed by atoms with Crippen LogP contribution in [0.5, 0.6) is 0 Å². The number of imide groups is 1. The molecule has 2 aromatic carbocycles. The molecule has 10 heteroatoms. The summed E-state index contributed by atoms with van der Waals surface area (Å²) in [5.74, 6) is -1.24. The second kappa shape index (κ2) is 8.51. The summed E-state index contributed by atoms with van der Waals surface area (Å²) in [6, 6.07) is 14.4. The van der Waals surface area contributed by atoms with Crippen molar-refractivity contribution in [3.05, 3.63) is 71.3 Å². The fourth-order valence-electron chi connectivity index (χ4n) is 4.29. The number of carboxylic acid groups (broad SMARTS) is 1. The Morgan fingerprint density at radius 2 is 1.67 bits per heavy atom. The monoisotopic (exact) mass is 484 g/mol. The minimum absolute atomic E-state index is 0.124. The first-order valence-corrected chi connectivity index (χ1v) is 12.4. The third-order valence-corrected chi connectivity index (χ3v) is 9.30. The summed E-state index contributed by atoms with van der Waals surface area (Å²) >= 11 is 3.12. The van der Waals surface area contributed by atoms with Crippen molar-refractivity contribution in [3.8, 4) is 0 Å². The molecule has 0 radical (unpaired) electrons. The van der Waals surface area contributed by atoms with Gasteiger partial charge < -0.3 is 9.84 Å². The minimum Gasteiger partial charge on any atom is -0.481 e. The van der Waals surface area contributed by atoms with Gasteiger partial charge in [-0.3, -0.25) is 24.5 Å². The molecule has 3 heterocycles. The zero-order chi connectivity index (χ0) is 23.2. The fraction of sp³-hybridized carbons (Fsp3) is 0.304. The third-order valence-electron chi connectivity index (χ3n) is 5.92. The van der Waals surface area contributed by atoms with Crippen LogP contribution in [-0.4, -0.2) is 61.4 Å². The van der Waals surface area contributed by atoms with E-state index in [0.717, 1.165) is 4.90 Å². The number of aliphatic carboxylic acids is 1. The summed E-state index contributed by atoms with van der Waals surface area (Å²) in [6.45, 7) is 0. The molecule has 33 heavy (non-hydrogen) atoms. The Balaban J connectivity index is 1.44. The average molecular weight is 485 g/mol. The Bertz CT molecular complexity index is 1100. The molecule has 2 amide bonds. The van der Waals surface area contributed by atoms with Gasteiger partial charge in [-0.15, -0.1) is 11.8 Å². The summed E-state index contributed by atoms with van der Waals surface area (Å²) < 4.78 is 5.41. The summed E-state index contributed by atoms with van der Waals surface area (Å²) in [6.07, 6.45) is -1.36. The summed E-state index contributed by atoms with van der Waals surface area (Å²) in [5, 5.41) is 11.9. The Morgan fingerprint density at radius 3 is 2.21 bits per heavy atom. The van der Waals surface area contributed by atoms with Crippen molar-refractivity contribution < 1.29 is 29.0 Å². The van der Waals surface area contributed by atoms with Gasteiger partial charge in [-0.1, -0.05) is 42.5 Å². The molecule has 3 aliphatic heterocycles. The van der Waals surface area contributed by atoms with Gasteiger partial charge in [-0.25, -0.2) is 4.90 Å². The summed E-state index contributed by atoms with van der Waals surface area (Å²) in [5.41, 5.74) is 1.02. The quantitative estimate of drug-likeness (QED) is 0.472. The van der Waals surface area contributed by atoms with Gasteiger partial charge in [0.15, 0.2) is 0 Å². The number of thioether (sulfide) groups is 2. The highest BCUT2D eigenvalue weighted by molar-refractivity contribution is 8.08. The average Bonchev–Trinajstić information content (AvgIpc) is 3.29. The molecule has 3 unspecified atom stereocenters. The van der Waals surface area contributed by atoms with Crippen LogP contribution in [0.4, 0.5) is 0 Å². The lowest BCUT2D eigenvalue weighted by molar-refractivity contribution is -0.158. The molecule has 170 valence electrons. The number of hydrogen-bond donors (Lipinski definition) is 2. The molecule has 2 aromatic rings. The number of carboxylic acids is 1. The van der Waals surface area contributed by atoms with Crippen LogP contribution in [0.1, 0.15) is 38.9 Å². The number of carbonyl (C=O) groups is 4. The van der Waals surface area contributed by atoms with Crippen molar-refractivity contribution in [2.24, 2.45) is 0 Å². The van der Waals surface area contributed by atoms with Crippen molar-refractivity contribution in [1.82, 2.24) is 10.2 Å². The van der Waals surface area contributed by atoms with Crippen LogP contribution in [0.25, 0.3) is 0 Å². The van der Waals surface area contributed by atoms with Gasteiger partial charge in [0.05, 0.1) is 27.7 Å². The smallest absolute Gasteiger partial charge is 0.326 e. The highest BCUT2D eigenvalue weighted by Crippen LogP contribution is 2.51. The van der Waals surface area contributed by atoms with Crippen LogP contribution >= 0.6 is 23.5 Å². The van der Waals surface area contributed by atoms with E-state index in [0.29, 0.717) is 17.1 Å². The molecule has 1 spiro atoms. The number of rotatable bonds is 6. The Labute approximate surface area is 198 Å². The fourth-order valence-corrected chi connectivity index (χ4v) is 7.57. The van der Waals surface area contributed by atoms with E-state index < -0.39 is 46.1 Å². The van der Waals surface area contributed by atoms with Crippen LogP contribution in [0, 0.1) is 0 Å². The number of ether oxygens (including phenoxy) is 1. The standard InChI is InChI=1S/C23H20N2O6S2/c26-17(27)10-16-24-18(23(33-16)11-32-12-23)22(30)31-21(13-6-2-1-3-7-13)25-19(28)14-8-4-5-9-15(14)20(25)29/h1-9,16,18,21,24H,10-12H2,(H,26,27). The Hall–Kier alpha value is -2.82. The molecule has 3 aliphatic rings. The predicted octanol–water partition coefficient (Wildman–Crippen LogP) is 2.52. The highest BCUT2D eigenvalue weighted by atomic mass is 32.2. The lowest BCUT2D eigenvalue weighted by atomic mass is 10.0. The molecule has 2 saturated heterocycles. The van der Waals surface area contributed by atoms with Gasteiger partial charge >= 0.3 is 11.9 Å². The lowest BCUT2D eigenvalue weighted by Crippen LogP contribution is -2.56. The molecular formula is C23H20N2O6S2. The first-order valence-electron chi connectivity index (χ1n) is 10.4. The summed E-state index contributed by atoms with van der Waals surface area (Å²) in [4.78, 5) is 51.8. The van der Waals surface area contributed by atoms with Crippen molar-refractivity contribution in [3.63, 3.8) is 0 Å². The van der Waals surface area contributed by atoms with E-state index in [-0.39, 0.29) is 17.5 Å². The van der Waals surface area contributed by atoms with E-state index in [1.807, 2.05) is 0 Å². The maximum absolute atomic E-state index is 13.4. The van der Waals surface area contributed by atoms with Gasteiger partial charge in [-0.05, 0) is 12.1 Å². The normalized spacial score (nSPS) is 23.8. The zero-order valence-corrected chi connectivity index (χ0v) is 18.9. The van der Waals surface area contributed by atoms with E-state index in [9.17, 15) is 24.3 Å². The number of esters is 1. The van der Waals surface area contributed by atoms with Gasteiger partial charge in [-0.2, -0.15) is 11.8 Å². The molecular weight excluding hydrogens is 464 g/mol. The molecule has 8 nitrogen and oxygen atoms in total. The Kier molecular flexibility index (Phi) is 5.67. The second-order valence-corrected chi connectivity index (χ2v) is 10.7. The van der Waals surface area contributed by atoms with E-state index in [1.54, 1.807) is 66.4 Å². The number of hydrogen-bond acceptors (Lipinski definition) is 8. The van der Waals surface area contributed by atoms with Crippen LogP contribution < -0.4 is 5.32 Å². The van der Waals surface area contributed by atoms with E-state index in [1.165, 1.54) is 11.8 Å². The number of amides is 2. The predicted molar refractivity (Wildman–Crippen MR) is 123 cm³/mol. The summed E-state index contributed by atoms with van der Waals surface area (Å²) in [7, 11) is 0. The molecule has 3 atom stereocenters. The Morgan fingerprint density at radius 1 is 1.06 bits per heavy atom. The number of fused-ring (bicyclic) bond motifs is 1. The molecule has 0 saturated carbocycles. The lowest BCUT2D eigenvalue weighted by Gasteiger charge is -2.40. The van der Waals surface area contributed by atoms with Gasteiger partial charge in [0.25, 0.3) is 11.8 Å². The molecule has 0 aliphatic carbocycles. The van der Waals surface area contributed by atoms with Crippen molar-refractivity contribution in [2.75, 3.05) is 11.5 Å². The minimum atomic E-state index is -1.23. The van der Waals surface area contributed by atoms with Crippen molar-refractivity contribution in [2.45, 2.75) is 28.8 Å². The second-order valence-electron chi connectivity index (χ2n) is 8.09. The third kappa shape index (κ3) is 3.81. The van der Waals surface area contributed by atoms with E-state index >= 15 is 0 Å². The van der Waals surface area contributed by atoms with Gasteiger partial charge in [0, 0.05) is 17.1 Å².